The first kappa shape index (κ1) is 15.9. The molecule has 1 heterocycles. The third-order valence-corrected chi connectivity index (χ3v) is 2.64. The molecule has 20 heavy (non-hydrogen) atoms. The Kier molecular flexibility index (Phi) is 5.49. The quantitative estimate of drug-likeness (QED) is 0.850. The predicted octanol–water partition coefficient (Wildman–Crippen LogP) is 1.33. The van der Waals surface area contributed by atoms with Crippen molar-refractivity contribution in [1.82, 2.24) is 9.88 Å². The number of rotatable bonds is 6. The fourth-order valence-electron chi connectivity index (χ4n) is 1.80. The topological polar surface area (TPSA) is 73.7 Å². The van der Waals surface area contributed by atoms with E-state index in [1.807, 2.05) is 13.8 Å². The standard InChI is InChI=1S/C14H21N3O3/c1-10(2)8-17(9-13(18)19)12-6-5-11(7-15-12)14(20)16(3)4/h5-7,10H,8-9H2,1-4H3,(H,18,19). The van der Waals surface area contributed by atoms with E-state index in [0.29, 0.717) is 23.8 Å². The summed E-state index contributed by atoms with van der Waals surface area (Å²) in [4.78, 5) is 30.0. The number of pyridine rings is 1. The molecule has 0 radical (unpaired) electrons. The van der Waals surface area contributed by atoms with E-state index < -0.39 is 5.97 Å². The number of aliphatic carboxylic acids is 1. The molecular weight excluding hydrogens is 258 g/mol. The van der Waals surface area contributed by atoms with Crippen molar-refractivity contribution >= 4 is 17.7 Å². The summed E-state index contributed by atoms with van der Waals surface area (Å²) < 4.78 is 0. The highest BCUT2D eigenvalue weighted by Gasteiger charge is 2.15. The molecule has 0 atom stereocenters. The maximum Gasteiger partial charge on any atom is 0.323 e. The SMILES string of the molecule is CC(C)CN(CC(=O)O)c1ccc(C(=O)N(C)C)cn1. The van der Waals surface area contributed by atoms with Gasteiger partial charge in [-0.3, -0.25) is 9.59 Å². The van der Waals surface area contributed by atoms with E-state index in [2.05, 4.69) is 4.98 Å². The Morgan fingerprint density at radius 1 is 1.30 bits per heavy atom. The van der Waals surface area contributed by atoms with Crippen molar-refractivity contribution in [3.63, 3.8) is 0 Å². The highest BCUT2D eigenvalue weighted by molar-refractivity contribution is 5.93. The summed E-state index contributed by atoms with van der Waals surface area (Å²) in [7, 11) is 3.34. The number of anilines is 1. The number of hydrogen-bond acceptors (Lipinski definition) is 4. The predicted molar refractivity (Wildman–Crippen MR) is 76.9 cm³/mol. The van der Waals surface area contributed by atoms with Gasteiger partial charge in [-0.1, -0.05) is 13.8 Å². The molecule has 6 nitrogen and oxygen atoms in total. The van der Waals surface area contributed by atoms with Crippen LogP contribution in [-0.2, 0) is 4.79 Å². The highest BCUT2D eigenvalue weighted by atomic mass is 16.4. The van der Waals surface area contributed by atoms with Crippen LogP contribution in [0.3, 0.4) is 0 Å². The molecule has 0 saturated carbocycles. The molecular formula is C14H21N3O3. The van der Waals surface area contributed by atoms with Crippen LogP contribution >= 0.6 is 0 Å². The maximum atomic E-state index is 11.8. The van der Waals surface area contributed by atoms with Crippen LogP contribution in [0, 0.1) is 5.92 Å². The number of hydrogen-bond donors (Lipinski definition) is 1. The summed E-state index contributed by atoms with van der Waals surface area (Å²) in [5.41, 5.74) is 0.485. The number of amides is 1. The summed E-state index contributed by atoms with van der Waals surface area (Å²) in [5.74, 6) is -0.144. The van der Waals surface area contributed by atoms with Crippen molar-refractivity contribution < 1.29 is 14.7 Å². The van der Waals surface area contributed by atoms with Gasteiger partial charge in [0.1, 0.15) is 12.4 Å². The molecule has 0 unspecified atom stereocenters. The molecule has 0 bridgehead atoms. The van der Waals surface area contributed by atoms with Gasteiger partial charge < -0.3 is 14.9 Å². The zero-order valence-corrected chi connectivity index (χ0v) is 12.3. The highest BCUT2D eigenvalue weighted by Crippen LogP contribution is 2.14. The van der Waals surface area contributed by atoms with Gasteiger partial charge in [0.15, 0.2) is 0 Å². The molecule has 6 heteroatoms. The van der Waals surface area contributed by atoms with Gasteiger partial charge in [0.05, 0.1) is 5.56 Å². The Balaban J connectivity index is 2.92. The zero-order valence-electron chi connectivity index (χ0n) is 12.3. The fraction of sp³-hybridized carbons (Fsp3) is 0.500. The molecule has 0 saturated heterocycles. The largest absolute Gasteiger partial charge is 0.480 e. The fourth-order valence-corrected chi connectivity index (χ4v) is 1.80. The molecule has 1 N–H and O–H groups in total. The van der Waals surface area contributed by atoms with Gasteiger partial charge in [0.2, 0.25) is 0 Å². The van der Waals surface area contributed by atoms with Gasteiger partial charge in [0, 0.05) is 26.8 Å². The first-order valence-electron chi connectivity index (χ1n) is 6.45. The molecule has 0 aromatic carbocycles. The summed E-state index contributed by atoms with van der Waals surface area (Å²) in [6, 6.07) is 3.35. The lowest BCUT2D eigenvalue weighted by Gasteiger charge is -2.23. The van der Waals surface area contributed by atoms with Crippen LogP contribution in [0.15, 0.2) is 18.3 Å². The first-order valence-corrected chi connectivity index (χ1v) is 6.45. The van der Waals surface area contributed by atoms with Crippen LogP contribution < -0.4 is 4.90 Å². The van der Waals surface area contributed by atoms with Crippen molar-refractivity contribution in [2.75, 3.05) is 32.1 Å². The smallest absolute Gasteiger partial charge is 0.323 e. The average molecular weight is 279 g/mol. The minimum Gasteiger partial charge on any atom is -0.480 e. The van der Waals surface area contributed by atoms with E-state index in [0.717, 1.165) is 0 Å². The molecule has 1 amide bonds. The van der Waals surface area contributed by atoms with Crippen LogP contribution in [0.25, 0.3) is 0 Å². The molecule has 1 rings (SSSR count). The second kappa shape index (κ2) is 6.88. The molecule has 0 fully saturated rings. The van der Waals surface area contributed by atoms with E-state index in [1.165, 1.54) is 11.1 Å². The second-order valence-electron chi connectivity index (χ2n) is 5.27. The van der Waals surface area contributed by atoms with Gasteiger partial charge >= 0.3 is 5.97 Å². The minimum atomic E-state index is -0.902. The molecule has 1 aromatic heterocycles. The number of nitrogens with zero attached hydrogens (tertiary/aromatic N) is 3. The van der Waals surface area contributed by atoms with E-state index in [4.69, 9.17) is 5.11 Å². The molecule has 110 valence electrons. The number of carboxylic acids is 1. The van der Waals surface area contributed by atoms with Crippen LogP contribution in [0.2, 0.25) is 0 Å². The van der Waals surface area contributed by atoms with Gasteiger partial charge in [-0.05, 0) is 18.1 Å². The minimum absolute atomic E-state index is 0.105. The number of carbonyl (C=O) groups excluding carboxylic acids is 1. The van der Waals surface area contributed by atoms with Gasteiger partial charge in [0.25, 0.3) is 5.91 Å². The van der Waals surface area contributed by atoms with Gasteiger partial charge in [-0.2, -0.15) is 0 Å². The number of carboxylic acid groups (broad SMARTS) is 1. The average Bonchev–Trinajstić information content (AvgIpc) is 2.36. The zero-order chi connectivity index (χ0) is 15.3. The lowest BCUT2D eigenvalue weighted by molar-refractivity contribution is -0.135. The van der Waals surface area contributed by atoms with Crippen molar-refractivity contribution in [3.8, 4) is 0 Å². The normalized spacial score (nSPS) is 10.4. The lowest BCUT2D eigenvalue weighted by Crippen LogP contribution is -2.33. The number of carbonyl (C=O) groups is 2. The molecule has 0 aliphatic carbocycles. The maximum absolute atomic E-state index is 11.8. The summed E-state index contributed by atoms with van der Waals surface area (Å²) in [5, 5.41) is 8.94. The number of aromatic nitrogens is 1. The molecule has 1 aromatic rings. The van der Waals surface area contributed by atoms with E-state index in [-0.39, 0.29) is 12.5 Å². The molecule has 0 aliphatic rings. The monoisotopic (exact) mass is 279 g/mol. The second-order valence-corrected chi connectivity index (χ2v) is 5.27. The molecule has 0 spiro atoms. The van der Waals surface area contributed by atoms with E-state index in [1.54, 1.807) is 31.1 Å². The van der Waals surface area contributed by atoms with Crippen molar-refractivity contribution in [2.24, 2.45) is 5.92 Å². The summed E-state index contributed by atoms with van der Waals surface area (Å²) in [6.07, 6.45) is 1.48. The lowest BCUT2D eigenvalue weighted by atomic mass is 10.2. The Bertz CT molecular complexity index is 469. The molecule has 0 aliphatic heterocycles. The van der Waals surface area contributed by atoms with Crippen LogP contribution in [0.4, 0.5) is 5.82 Å². The summed E-state index contributed by atoms with van der Waals surface area (Å²) in [6.45, 7) is 4.52. The Morgan fingerprint density at radius 2 is 1.95 bits per heavy atom. The van der Waals surface area contributed by atoms with E-state index >= 15 is 0 Å². The Labute approximate surface area is 119 Å². The van der Waals surface area contributed by atoms with Crippen LogP contribution in [0.5, 0.6) is 0 Å². The van der Waals surface area contributed by atoms with Gasteiger partial charge in [-0.25, -0.2) is 4.98 Å². The first-order chi connectivity index (χ1) is 9.31. The van der Waals surface area contributed by atoms with E-state index in [9.17, 15) is 9.59 Å². The van der Waals surface area contributed by atoms with Crippen molar-refractivity contribution in [1.29, 1.82) is 0 Å². The third kappa shape index (κ3) is 4.53. The third-order valence-electron chi connectivity index (χ3n) is 2.64. The van der Waals surface area contributed by atoms with Crippen LogP contribution in [-0.4, -0.2) is 54.1 Å². The van der Waals surface area contributed by atoms with Crippen molar-refractivity contribution in [2.45, 2.75) is 13.8 Å². The van der Waals surface area contributed by atoms with Crippen LogP contribution in [0.1, 0.15) is 24.2 Å². The summed E-state index contributed by atoms with van der Waals surface area (Å²) >= 11 is 0. The van der Waals surface area contributed by atoms with Crippen molar-refractivity contribution in [3.05, 3.63) is 23.9 Å². The van der Waals surface area contributed by atoms with Gasteiger partial charge in [-0.15, -0.1) is 0 Å². The Morgan fingerprint density at radius 3 is 2.35 bits per heavy atom. The Hall–Kier alpha value is -2.11.